The summed E-state index contributed by atoms with van der Waals surface area (Å²) in [7, 11) is 1.84. The van der Waals surface area contributed by atoms with Gasteiger partial charge in [-0.05, 0) is 23.9 Å². The molecule has 0 radical (unpaired) electrons. The van der Waals surface area contributed by atoms with E-state index in [-0.39, 0.29) is 0 Å². The Labute approximate surface area is 115 Å². The van der Waals surface area contributed by atoms with Crippen molar-refractivity contribution < 1.29 is 8.85 Å². The average Bonchev–Trinajstić information content (AvgIpc) is 2.36. The smallest absolute Gasteiger partial charge is 0.338 e. The molecule has 0 amide bonds. The van der Waals surface area contributed by atoms with E-state index in [9.17, 15) is 0 Å². The Balaban J connectivity index is 2.51. The summed E-state index contributed by atoms with van der Waals surface area (Å²) in [6, 6.07) is 2.43. The van der Waals surface area contributed by atoms with Crippen LogP contribution in [0.3, 0.4) is 0 Å². The highest BCUT2D eigenvalue weighted by Gasteiger charge is 2.41. The highest BCUT2D eigenvalue weighted by molar-refractivity contribution is 6.67. The normalized spacial score (nSPS) is 18.7. The lowest BCUT2D eigenvalue weighted by atomic mass is 9.87. The van der Waals surface area contributed by atoms with Crippen LogP contribution in [0.15, 0.2) is 0 Å². The lowest BCUT2D eigenvalue weighted by Gasteiger charge is -2.36. The average molecular weight is 273 g/mol. The summed E-state index contributed by atoms with van der Waals surface area (Å²) in [6.45, 7) is 4.59. The zero-order chi connectivity index (χ0) is 13.4. The first-order chi connectivity index (χ1) is 8.69. The van der Waals surface area contributed by atoms with E-state index in [0.717, 1.165) is 11.8 Å². The maximum atomic E-state index is 5.92. The number of unbranched alkanes of at least 4 members (excludes halogenated alkanes) is 1. The molecule has 3 heteroatoms. The van der Waals surface area contributed by atoms with Crippen LogP contribution in [0, 0.1) is 11.8 Å². The van der Waals surface area contributed by atoms with Crippen molar-refractivity contribution in [3.8, 4) is 0 Å². The first-order valence-corrected chi connectivity index (χ1v) is 10.0. The zero-order valence-electron chi connectivity index (χ0n) is 12.8. The lowest BCUT2D eigenvalue weighted by molar-refractivity contribution is 0.209. The van der Waals surface area contributed by atoms with Gasteiger partial charge in [0.1, 0.15) is 0 Å². The fourth-order valence-corrected chi connectivity index (χ4v) is 6.68. The van der Waals surface area contributed by atoms with Gasteiger partial charge in [0.25, 0.3) is 0 Å². The van der Waals surface area contributed by atoms with Gasteiger partial charge in [0.05, 0.1) is 0 Å². The molecule has 0 bridgehead atoms. The first kappa shape index (κ1) is 16.2. The third kappa shape index (κ3) is 4.67. The van der Waals surface area contributed by atoms with E-state index in [1.165, 1.54) is 57.0 Å². The van der Waals surface area contributed by atoms with Gasteiger partial charge in [-0.25, -0.2) is 0 Å². The molecule has 0 N–H and O–H groups in total. The molecule has 1 fully saturated rings. The minimum atomic E-state index is -1.91. The molecule has 0 saturated heterocycles. The highest BCUT2D eigenvalue weighted by atomic mass is 28.4. The Morgan fingerprint density at radius 3 is 2.22 bits per heavy atom. The molecule has 0 heterocycles. The summed E-state index contributed by atoms with van der Waals surface area (Å²) in [4.78, 5) is 0. The number of rotatable bonds is 10. The van der Waals surface area contributed by atoms with Gasteiger partial charge < -0.3 is 8.85 Å². The summed E-state index contributed by atoms with van der Waals surface area (Å²) < 4.78 is 11.8. The fraction of sp³-hybridized carbons (Fsp3) is 1.00. The van der Waals surface area contributed by atoms with Crippen LogP contribution >= 0.6 is 0 Å². The summed E-state index contributed by atoms with van der Waals surface area (Å²) in [5.74, 6) is 1.69. The Kier molecular flexibility index (Phi) is 7.50. The highest BCUT2D eigenvalue weighted by Crippen LogP contribution is 2.38. The fourth-order valence-electron chi connectivity index (χ4n) is 3.02. The van der Waals surface area contributed by atoms with Crippen LogP contribution in [0.5, 0.6) is 0 Å². The Morgan fingerprint density at radius 1 is 1.17 bits per heavy atom. The molecule has 2 nitrogen and oxygen atoms in total. The van der Waals surface area contributed by atoms with Crippen molar-refractivity contribution in [1.82, 2.24) is 0 Å². The quantitative estimate of drug-likeness (QED) is 0.535. The lowest BCUT2D eigenvalue weighted by Crippen LogP contribution is -2.44. The van der Waals surface area contributed by atoms with E-state index in [0.29, 0.717) is 0 Å². The van der Waals surface area contributed by atoms with Gasteiger partial charge >= 0.3 is 8.56 Å². The van der Waals surface area contributed by atoms with Crippen molar-refractivity contribution in [3.63, 3.8) is 0 Å². The standard InChI is InChI=1S/C15H32O2Si/c1-5-7-9-14(6-2)12-18(16-3,17-4)13-15-10-8-11-15/h14-15H,5-13H2,1-4H3. The van der Waals surface area contributed by atoms with Gasteiger partial charge in [0.15, 0.2) is 0 Å². The van der Waals surface area contributed by atoms with Gasteiger partial charge in [-0.2, -0.15) is 0 Å². The van der Waals surface area contributed by atoms with Crippen molar-refractivity contribution >= 4 is 8.56 Å². The molecule has 0 aliphatic heterocycles. The van der Waals surface area contributed by atoms with Crippen LogP contribution in [0.4, 0.5) is 0 Å². The molecule has 108 valence electrons. The molecular weight excluding hydrogens is 240 g/mol. The maximum absolute atomic E-state index is 5.92. The largest absolute Gasteiger partial charge is 0.398 e. The maximum Gasteiger partial charge on any atom is 0.338 e. The summed E-state index contributed by atoms with van der Waals surface area (Å²) >= 11 is 0. The third-order valence-electron chi connectivity index (χ3n) is 4.71. The molecule has 0 aromatic rings. The van der Waals surface area contributed by atoms with E-state index >= 15 is 0 Å². The molecule has 1 rings (SSSR count). The molecule has 1 atom stereocenters. The number of hydrogen-bond donors (Lipinski definition) is 0. The van der Waals surface area contributed by atoms with Gasteiger partial charge in [0.2, 0.25) is 0 Å². The molecule has 18 heavy (non-hydrogen) atoms. The third-order valence-corrected chi connectivity index (χ3v) is 8.60. The van der Waals surface area contributed by atoms with Crippen molar-refractivity contribution in [2.45, 2.75) is 70.9 Å². The Hall–Kier alpha value is 0.137. The molecule has 0 aromatic carbocycles. The van der Waals surface area contributed by atoms with Gasteiger partial charge in [-0.15, -0.1) is 0 Å². The topological polar surface area (TPSA) is 18.5 Å². The van der Waals surface area contributed by atoms with Crippen LogP contribution in [0.2, 0.25) is 12.1 Å². The first-order valence-electron chi connectivity index (χ1n) is 7.80. The van der Waals surface area contributed by atoms with Crippen LogP contribution in [-0.4, -0.2) is 22.8 Å². The summed E-state index contributed by atoms with van der Waals surface area (Å²) in [5, 5.41) is 0. The molecule has 1 saturated carbocycles. The van der Waals surface area contributed by atoms with E-state index in [1.807, 2.05) is 14.2 Å². The van der Waals surface area contributed by atoms with Gasteiger partial charge in [-0.1, -0.05) is 58.8 Å². The van der Waals surface area contributed by atoms with E-state index in [1.54, 1.807) is 0 Å². The zero-order valence-corrected chi connectivity index (χ0v) is 13.8. The van der Waals surface area contributed by atoms with Crippen molar-refractivity contribution in [2.75, 3.05) is 14.2 Å². The second kappa shape index (κ2) is 8.34. The predicted molar refractivity (Wildman–Crippen MR) is 80.0 cm³/mol. The van der Waals surface area contributed by atoms with E-state index < -0.39 is 8.56 Å². The van der Waals surface area contributed by atoms with Crippen LogP contribution in [0.1, 0.15) is 58.8 Å². The summed E-state index contributed by atoms with van der Waals surface area (Å²) in [6.07, 6.45) is 9.47. The minimum absolute atomic E-state index is 0.802. The Morgan fingerprint density at radius 2 is 1.83 bits per heavy atom. The minimum Gasteiger partial charge on any atom is -0.398 e. The molecule has 0 spiro atoms. The number of hydrogen-bond acceptors (Lipinski definition) is 2. The predicted octanol–water partition coefficient (Wildman–Crippen LogP) is 4.74. The van der Waals surface area contributed by atoms with Crippen molar-refractivity contribution in [1.29, 1.82) is 0 Å². The molecule has 1 unspecified atom stereocenters. The van der Waals surface area contributed by atoms with Gasteiger partial charge in [0, 0.05) is 14.2 Å². The van der Waals surface area contributed by atoms with Crippen molar-refractivity contribution in [3.05, 3.63) is 0 Å². The summed E-state index contributed by atoms with van der Waals surface area (Å²) in [5.41, 5.74) is 0. The van der Waals surface area contributed by atoms with E-state index in [2.05, 4.69) is 13.8 Å². The monoisotopic (exact) mass is 272 g/mol. The Bertz CT molecular complexity index is 213. The second-order valence-corrected chi connectivity index (χ2v) is 9.39. The van der Waals surface area contributed by atoms with Crippen LogP contribution in [-0.2, 0) is 8.85 Å². The van der Waals surface area contributed by atoms with Crippen LogP contribution < -0.4 is 0 Å². The molecule has 1 aliphatic rings. The van der Waals surface area contributed by atoms with Crippen molar-refractivity contribution in [2.24, 2.45) is 11.8 Å². The van der Waals surface area contributed by atoms with Crippen LogP contribution in [0.25, 0.3) is 0 Å². The second-order valence-electron chi connectivity index (χ2n) is 5.94. The molecule has 0 aromatic heterocycles. The molecule has 1 aliphatic carbocycles. The molecular formula is C15H32O2Si. The van der Waals surface area contributed by atoms with E-state index in [4.69, 9.17) is 8.85 Å². The van der Waals surface area contributed by atoms with Gasteiger partial charge in [-0.3, -0.25) is 0 Å². The SMILES string of the molecule is CCCCC(CC)C[Si](CC1CCC1)(OC)OC.